The van der Waals surface area contributed by atoms with Crippen LogP contribution in [0.3, 0.4) is 0 Å². The van der Waals surface area contributed by atoms with Crippen LogP contribution < -0.4 is 0 Å². The summed E-state index contributed by atoms with van der Waals surface area (Å²) in [6.45, 7) is 1.83. The average Bonchev–Trinajstić information content (AvgIpc) is 3.09. The van der Waals surface area contributed by atoms with E-state index in [4.69, 9.17) is 16.3 Å². The zero-order chi connectivity index (χ0) is 16.1. The van der Waals surface area contributed by atoms with Gasteiger partial charge in [0.05, 0.1) is 19.3 Å². The number of morpholine rings is 1. The SMILES string of the molecule is O=C(CCCc1cn[nH]c1)N1CCO[C@H](c2ccc(Cl)cc2)C1. The van der Waals surface area contributed by atoms with Gasteiger partial charge in [0, 0.05) is 24.2 Å². The summed E-state index contributed by atoms with van der Waals surface area (Å²) in [7, 11) is 0. The van der Waals surface area contributed by atoms with E-state index in [1.54, 1.807) is 6.20 Å². The monoisotopic (exact) mass is 333 g/mol. The van der Waals surface area contributed by atoms with Crippen LogP contribution in [0.15, 0.2) is 36.7 Å². The molecule has 122 valence electrons. The van der Waals surface area contributed by atoms with E-state index in [0.717, 1.165) is 24.0 Å². The first-order chi connectivity index (χ1) is 11.2. The first kappa shape index (κ1) is 16.0. The fraction of sp³-hybridized carbons (Fsp3) is 0.412. The van der Waals surface area contributed by atoms with Gasteiger partial charge in [0.25, 0.3) is 0 Å². The Morgan fingerprint density at radius 1 is 1.39 bits per heavy atom. The van der Waals surface area contributed by atoms with Crippen LogP contribution in [0.4, 0.5) is 0 Å². The Kier molecular flexibility index (Phi) is 5.31. The lowest BCUT2D eigenvalue weighted by Gasteiger charge is -2.33. The summed E-state index contributed by atoms with van der Waals surface area (Å²) in [6.07, 6.45) is 5.86. The van der Waals surface area contributed by atoms with E-state index < -0.39 is 0 Å². The maximum atomic E-state index is 12.4. The predicted octanol–water partition coefficient (Wildman–Crippen LogP) is 2.99. The van der Waals surface area contributed by atoms with Gasteiger partial charge in [-0.2, -0.15) is 5.10 Å². The number of aryl methyl sites for hydroxylation is 1. The molecule has 1 saturated heterocycles. The second kappa shape index (κ2) is 7.62. The number of nitrogens with one attached hydrogen (secondary N) is 1. The number of aromatic nitrogens is 2. The highest BCUT2D eigenvalue weighted by Crippen LogP contribution is 2.24. The van der Waals surface area contributed by atoms with Crippen LogP contribution in [-0.4, -0.2) is 40.7 Å². The van der Waals surface area contributed by atoms with Crippen LogP contribution in [0.1, 0.15) is 30.1 Å². The molecule has 1 aromatic heterocycles. The first-order valence-electron chi connectivity index (χ1n) is 7.85. The van der Waals surface area contributed by atoms with Crippen LogP contribution in [0, 0.1) is 0 Å². The van der Waals surface area contributed by atoms with E-state index in [9.17, 15) is 4.79 Å². The van der Waals surface area contributed by atoms with Gasteiger partial charge in [0.15, 0.2) is 0 Å². The molecule has 1 aliphatic heterocycles. The fourth-order valence-corrected chi connectivity index (χ4v) is 2.90. The van der Waals surface area contributed by atoms with Gasteiger partial charge in [-0.3, -0.25) is 9.89 Å². The molecule has 1 N–H and O–H groups in total. The maximum absolute atomic E-state index is 12.4. The Bertz CT molecular complexity index is 628. The molecule has 1 amide bonds. The molecule has 1 aliphatic rings. The highest BCUT2D eigenvalue weighted by Gasteiger charge is 2.25. The van der Waals surface area contributed by atoms with Crippen molar-refractivity contribution in [3.63, 3.8) is 0 Å². The second-order valence-corrected chi connectivity index (χ2v) is 6.15. The van der Waals surface area contributed by atoms with Crippen molar-refractivity contribution < 1.29 is 9.53 Å². The number of hydrogen-bond donors (Lipinski definition) is 1. The maximum Gasteiger partial charge on any atom is 0.222 e. The minimum absolute atomic E-state index is 0.0705. The minimum Gasteiger partial charge on any atom is -0.370 e. The summed E-state index contributed by atoms with van der Waals surface area (Å²) in [5.74, 6) is 0.191. The number of carbonyl (C=O) groups is 1. The quantitative estimate of drug-likeness (QED) is 0.915. The molecule has 2 aromatic rings. The van der Waals surface area contributed by atoms with Crippen molar-refractivity contribution in [2.24, 2.45) is 0 Å². The highest BCUT2D eigenvalue weighted by molar-refractivity contribution is 6.30. The lowest BCUT2D eigenvalue weighted by Crippen LogP contribution is -2.42. The van der Waals surface area contributed by atoms with E-state index in [1.165, 1.54) is 0 Å². The van der Waals surface area contributed by atoms with Gasteiger partial charge in [-0.1, -0.05) is 23.7 Å². The van der Waals surface area contributed by atoms with Crippen molar-refractivity contribution in [1.29, 1.82) is 0 Å². The van der Waals surface area contributed by atoms with Gasteiger partial charge in [-0.15, -0.1) is 0 Å². The Hall–Kier alpha value is -1.85. The molecule has 2 heterocycles. The van der Waals surface area contributed by atoms with E-state index >= 15 is 0 Å². The smallest absolute Gasteiger partial charge is 0.222 e. The second-order valence-electron chi connectivity index (χ2n) is 5.71. The standard InChI is InChI=1S/C17H20ClN3O2/c18-15-6-4-14(5-7-15)16-12-21(8-9-23-16)17(22)3-1-2-13-10-19-20-11-13/h4-7,10-11,16H,1-3,8-9,12H2,(H,19,20)/t16-/m0/s1. The third kappa shape index (κ3) is 4.33. The number of aromatic amines is 1. The summed E-state index contributed by atoms with van der Waals surface area (Å²) in [4.78, 5) is 14.3. The Morgan fingerprint density at radius 2 is 2.22 bits per heavy atom. The molecule has 3 rings (SSSR count). The van der Waals surface area contributed by atoms with Crippen LogP contribution in [-0.2, 0) is 16.0 Å². The molecular formula is C17H20ClN3O2. The molecule has 0 spiro atoms. The van der Waals surface area contributed by atoms with Gasteiger partial charge in [0.2, 0.25) is 5.91 Å². The van der Waals surface area contributed by atoms with Crippen molar-refractivity contribution in [2.75, 3.05) is 19.7 Å². The van der Waals surface area contributed by atoms with Crippen molar-refractivity contribution in [1.82, 2.24) is 15.1 Å². The van der Waals surface area contributed by atoms with Crippen LogP contribution in [0.2, 0.25) is 5.02 Å². The Labute approximate surface area is 140 Å². The summed E-state index contributed by atoms with van der Waals surface area (Å²) in [6, 6.07) is 7.62. The largest absolute Gasteiger partial charge is 0.370 e. The number of H-pyrrole nitrogens is 1. The van der Waals surface area contributed by atoms with Gasteiger partial charge in [-0.25, -0.2) is 0 Å². The molecule has 1 atom stereocenters. The summed E-state index contributed by atoms with van der Waals surface area (Å²) in [5, 5.41) is 7.41. The normalized spacial score (nSPS) is 18.1. The average molecular weight is 334 g/mol. The van der Waals surface area contributed by atoms with Crippen molar-refractivity contribution in [3.05, 3.63) is 52.8 Å². The van der Waals surface area contributed by atoms with E-state index in [2.05, 4.69) is 10.2 Å². The molecule has 6 heteroatoms. The number of benzene rings is 1. The summed E-state index contributed by atoms with van der Waals surface area (Å²) in [5.41, 5.74) is 2.20. The molecule has 5 nitrogen and oxygen atoms in total. The van der Waals surface area contributed by atoms with Gasteiger partial charge in [0.1, 0.15) is 6.10 Å². The number of nitrogens with zero attached hydrogens (tertiary/aromatic N) is 2. The van der Waals surface area contributed by atoms with E-state index in [1.807, 2.05) is 35.4 Å². The number of amides is 1. The Balaban J connectivity index is 1.51. The van der Waals surface area contributed by atoms with Gasteiger partial charge >= 0.3 is 0 Å². The predicted molar refractivity (Wildman–Crippen MR) is 88.3 cm³/mol. The fourth-order valence-electron chi connectivity index (χ4n) is 2.77. The van der Waals surface area contributed by atoms with Crippen LogP contribution >= 0.6 is 11.6 Å². The zero-order valence-electron chi connectivity index (χ0n) is 12.9. The lowest BCUT2D eigenvalue weighted by atomic mass is 10.1. The first-order valence-corrected chi connectivity index (χ1v) is 8.22. The van der Waals surface area contributed by atoms with Gasteiger partial charge < -0.3 is 9.64 Å². The molecule has 23 heavy (non-hydrogen) atoms. The molecule has 1 aromatic carbocycles. The number of ether oxygens (including phenoxy) is 1. The molecule has 0 saturated carbocycles. The third-order valence-electron chi connectivity index (χ3n) is 4.07. The molecule has 0 aliphatic carbocycles. The van der Waals surface area contributed by atoms with E-state index in [0.29, 0.717) is 31.1 Å². The minimum atomic E-state index is -0.0705. The Morgan fingerprint density at radius 3 is 2.96 bits per heavy atom. The molecule has 0 unspecified atom stereocenters. The molecule has 0 radical (unpaired) electrons. The number of rotatable bonds is 5. The molecule has 1 fully saturated rings. The van der Waals surface area contributed by atoms with Gasteiger partial charge in [-0.05, 0) is 36.1 Å². The van der Waals surface area contributed by atoms with Crippen molar-refractivity contribution in [3.8, 4) is 0 Å². The number of carbonyl (C=O) groups excluding carboxylic acids is 1. The molecular weight excluding hydrogens is 314 g/mol. The number of halogens is 1. The van der Waals surface area contributed by atoms with Crippen molar-refractivity contribution in [2.45, 2.75) is 25.4 Å². The zero-order valence-corrected chi connectivity index (χ0v) is 13.6. The topological polar surface area (TPSA) is 58.2 Å². The lowest BCUT2D eigenvalue weighted by molar-refractivity contribution is -0.139. The van der Waals surface area contributed by atoms with Crippen molar-refractivity contribution >= 4 is 17.5 Å². The highest BCUT2D eigenvalue weighted by atomic mass is 35.5. The van der Waals surface area contributed by atoms with E-state index in [-0.39, 0.29) is 12.0 Å². The number of hydrogen-bond acceptors (Lipinski definition) is 3. The summed E-state index contributed by atoms with van der Waals surface area (Å²) >= 11 is 5.92. The molecule has 0 bridgehead atoms. The van der Waals surface area contributed by atoms with Crippen LogP contribution in [0.25, 0.3) is 0 Å². The van der Waals surface area contributed by atoms with Crippen LogP contribution in [0.5, 0.6) is 0 Å². The third-order valence-corrected chi connectivity index (χ3v) is 4.32. The summed E-state index contributed by atoms with van der Waals surface area (Å²) < 4.78 is 5.80.